The minimum Gasteiger partial charge on any atom is -0.336 e. The number of carbonyl (C=O) groups is 1. The van der Waals surface area contributed by atoms with Gasteiger partial charge in [-0.1, -0.05) is 6.92 Å². The molecule has 0 saturated heterocycles. The van der Waals surface area contributed by atoms with E-state index >= 15 is 0 Å². The number of amides is 1. The Kier molecular flexibility index (Phi) is 4.97. The van der Waals surface area contributed by atoms with E-state index in [-0.39, 0.29) is 17.5 Å². The Balaban J connectivity index is 3.05. The Morgan fingerprint density at radius 2 is 2.11 bits per heavy atom. The van der Waals surface area contributed by atoms with Gasteiger partial charge in [0, 0.05) is 24.2 Å². The van der Waals surface area contributed by atoms with E-state index in [0.717, 1.165) is 18.6 Å². The van der Waals surface area contributed by atoms with Crippen molar-refractivity contribution in [3.05, 3.63) is 39.7 Å². The number of nitro benzene ring substituents is 1. The van der Waals surface area contributed by atoms with Crippen molar-refractivity contribution in [3.8, 4) is 0 Å². The van der Waals surface area contributed by atoms with Crippen molar-refractivity contribution >= 4 is 11.6 Å². The van der Waals surface area contributed by atoms with Gasteiger partial charge in [0.25, 0.3) is 5.91 Å². The predicted octanol–water partition coefficient (Wildman–Crippen LogP) is 2.99. The molecule has 0 spiro atoms. The molecule has 0 aromatic heterocycles. The average molecular weight is 268 g/mol. The molecular formula is C13H17FN2O3. The molecule has 0 aliphatic rings. The molecule has 1 rings (SSSR count). The molecule has 0 unspecified atom stereocenters. The average Bonchev–Trinajstić information content (AvgIpc) is 2.34. The third-order valence-electron chi connectivity index (χ3n) is 2.74. The van der Waals surface area contributed by atoms with Crippen LogP contribution in [0.3, 0.4) is 0 Å². The number of benzene rings is 1. The van der Waals surface area contributed by atoms with Crippen LogP contribution in [0.5, 0.6) is 0 Å². The molecule has 1 aromatic carbocycles. The third-order valence-corrected chi connectivity index (χ3v) is 2.74. The molecule has 0 bridgehead atoms. The summed E-state index contributed by atoms with van der Waals surface area (Å²) in [5.74, 6) is -1.30. The van der Waals surface area contributed by atoms with E-state index in [4.69, 9.17) is 0 Å². The summed E-state index contributed by atoms with van der Waals surface area (Å²) in [7, 11) is 0. The molecule has 0 heterocycles. The summed E-state index contributed by atoms with van der Waals surface area (Å²) >= 11 is 0. The molecule has 104 valence electrons. The zero-order valence-corrected chi connectivity index (χ0v) is 11.2. The fraction of sp³-hybridized carbons (Fsp3) is 0.462. The standard InChI is InChI=1S/C13H17FN2O3/c1-4-7-15(9(2)3)13(17)10-5-6-12(16(18)19)11(14)8-10/h5-6,8-9H,4,7H2,1-3H3. The van der Waals surface area contributed by atoms with Crippen LogP contribution < -0.4 is 0 Å². The summed E-state index contributed by atoms with van der Waals surface area (Å²) in [6.07, 6.45) is 0.791. The summed E-state index contributed by atoms with van der Waals surface area (Å²) in [4.78, 5) is 23.5. The zero-order chi connectivity index (χ0) is 14.6. The highest BCUT2D eigenvalue weighted by Gasteiger charge is 2.21. The van der Waals surface area contributed by atoms with Gasteiger partial charge in [-0.05, 0) is 32.4 Å². The van der Waals surface area contributed by atoms with Crippen LogP contribution in [-0.2, 0) is 0 Å². The first-order valence-electron chi connectivity index (χ1n) is 6.13. The highest BCUT2D eigenvalue weighted by Crippen LogP contribution is 2.19. The highest BCUT2D eigenvalue weighted by molar-refractivity contribution is 5.94. The van der Waals surface area contributed by atoms with E-state index in [1.807, 2.05) is 20.8 Å². The normalized spacial score (nSPS) is 10.6. The Morgan fingerprint density at radius 3 is 2.53 bits per heavy atom. The molecule has 0 N–H and O–H groups in total. The number of hydrogen-bond donors (Lipinski definition) is 0. The first-order valence-corrected chi connectivity index (χ1v) is 6.13. The number of rotatable bonds is 5. The van der Waals surface area contributed by atoms with Crippen molar-refractivity contribution in [2.75, 3.05) is 6.54 Å². The maximum absolute atomic E-state index is 13.5. The first-order chi connectivity index (χ1) is 8.88. The van der Waals surface area contributed by atoms with E-state index in [9.17, 15) is 19.3 Å². The number of halogens is 1. The summed E-state index contributed by atoms with van der Waals surface area (Å²) in [6, 6.07) is 3.22. The molecule has 5 nitrogen and oxygen atoms in total. The maximum atomic E-state index is 13.5. The fourth-order valence-electron chi connectivity index (χ4n) is 1.79. The smallest absolute Gasteiger partial charge is 0.304 e. The van der Waals surface area contributed by atoms with Crippen molar-refractivity contribution in [1.82, 2.24) is 4.90 Å². The van der Waals surface area contributed by atoms with Crippen LogP contribution in [0.4, 0.5) is 10.1 Å². The second kappa shape index (κ2) is 6.26. The second-order valence-electron chi connectivity index (χ2n) is 4.52. The molecule has 0 aliphatic heterocycles. The van der Waals surface area contributed by atoms with Crippen LogP contribution in [0.2, 0.25) is 0 Å². The van der Waals surface area contributed by atoms with Crippen LogP contribution >= 0.6 is 0 Å². The second-order valence-corrected chi connectivity index (χ2v) is 4.52. The van der Waals surface area contributed by atoms with Gasteiger partial charge in [-0.15, -0.1) is 0 Å². The van der Waals surface area contributed by atoms with Crippen molar-refractivity contribution < 1.29 is 14.1 Å². The van der Waals surface area contributed by atoms with E-state index in [1.54, 1.807) is 4.90 Å². The molecule has 0 radical (unpaired) electrons. The van der Waals surface area contributed by atoms with E-state index < -0.39 is 16.4 Å². The molecule has 1 aromatic rings. The van der Waals surface area contributed by atoms with Crippen molar-refractivity contribution in [1.29, 1.82) is 0 Å². The van der Waals surface area contributed by atoms with Crippen LogP contribution in [0.1, 0.15) is 37.6 Å². The monoisotopic (exact) mass is 268 g/mol. The molecule has 19 heavy (non-hydrogen) atoms. The summed E-state index contributed by atoms with van der Waals surface area (Å²) in [5.41, 5.74) is -0.492. The topological polar surface area (TPSA) is 63.5 Å². The van der Waals surface area contributed by atoms with Gasteiger partial charge in [-0.25, -0.2) is 0 Å². The summed E-state index contributed by atoms with van der Waals surface area (Å²) < 4.78 is 13.5. The number of nitro groups is 1. The lowest BCUT2D eigenvalue weighted by Gasteiger charge is -2.26. The molecule has 0 aliphatic carbocycles. The van der Waals surface area contributed by atoms with Gasteiger partial charge >= 0.3 is 5.69 Å². The number of carbonyl (C=O) groups excluding carboxylic acids is 1. The van der Waals surface area contributed by atoms with Crippen LogP contribution in [-0.4, -0.2) is 28.3 Å². The lowest BCUT2D eigenvalue weighted by molar-refractivity contribution is -0.387. The SMILES string of the molecule is CCCN(C(=O)c1ccc([N+](=O)[O-])c(F)c1)C(C)C. The number of hydrogen-bond acceptors (Lipinski definition) is 3. The van der Waals surface area contributed by atoms with Crippen molar-refractivity contribution in [3.63, 3.8) is 0 Å². The maximum Gasteiger partial charge on any atom is 0.304 e. The lowest BCUT2D eigenvalue weighted by atomic mass is 10.1. The minimum atomic E-state index is -0.990. The van der Waals surface area contributed by atoms with Gasteiger partial charge in [0.05, 0.1) is 4.92 Å². The van der Waals surface area contributed by atoms with Gasteiger partial charge in [0.15, 0.2) is 0 Å². The number of nitrogens with zero attached hydrogens (tertiary/aromatic N) is 2. The van der Waals surface area contributed by atoms with Gasteiger partial charge < -0.3 is 4.90 Å². The molecule has 0 atom stereocenters. The Morgan fingerprint density at radius 1 is 1.47 bits per heavy atom. The minimum absolute atomic E-state index is 0.00861. The summed E-state index contributed by atoms with van der Waals surface area (Å²) in [6.45, 7) is 6.25. The molecular weight excluding hydrogens is 251 g/mol. The van der Waals surface area contributed by atoms with Gasteiger partial charge in [0.1, 0.15) is 0 Å². The van der Waals surface area contributed by atoms with Gasteiger partial charge in [0.2, 0.25) is 5.82 Å². The van der Waals surface area contributed by atoms with Gasteiger partial charge in [-0.2, -0.15) is 4.39 Å². The first kappa shape index (κ1) is 15.1. The fourth-order valence-corrected chi connectivity index (χ4v) is 1.79. The molecule has 1 amide bonds. The van der Waals surface area contributed by atoms with Crippen molar-refractivity contribution in [2.24, 2.45) is 0 Å². The Labute approximate surface area is 111 Å². The largest absolute Gasteiger partial charge is 0.336 e. The zero-order valence-electron chi connectivity index (χ0n) is 11.2. The lowest BCUT2D eigenvalue weighted by Crippen LogP contribution is -2.37. The van der Waals surface area contributed by atoms with Crippen LogP contribution in [0, 0.1) is 15.9 Å². The van der Waals surface area contributed by atoms with Crippen molar-refractivity contribution in [2.45, 2.75) is 33.2 Å². The molecule has 0 saturated carbocycles. The van der Waals surface area contributed by atoms with E-state index in [1.165, 1.54) is 6.07 Å². The molecule has 0 fully saturated rings. The summed E-state index contributed by atoms with van der Waals surface area (Å²) in [5, 5.41) is 10.5. The quantitative estimate of drug-likeness (QED) is 0.609. The van der Waals surface area contributed by atoms with Crippen LogP contribution in [0.15, 0.2) is 18.2 Å². The van der Waals surface area contributed by atoms with Crippen LogP contribution in [0.25, 0.3) is 0 Å². The van der Waals surface area contributed by atoms with E-state index in [0.29, 0.717) is 6.54 Å². The Hall–Kier alpha value is -1.98. The highest BCUT2D eigenvalue weighted by atomic mass is 19.1. The Bertz CT molecular complexity index is 489. The third kappa shape index (κ3) is 3.49. The van der Waals surface area contributed by atoms with E-state index in [2.05, 4.69) is 0 Å². The van der Waals surface area contributed by atoms with Gasteiger partial charge in [-0.3, -0.25) is 14.9 Å². The predicted molar refractivity (Wildman–Crippen MR) is 69.5 cm³/mol. The molecule has 6 heteroatoms.